The molecule has 0 aliphatic rings. The SMILES string of the molecule is COC(=O)c1ccc(Nc2cc(C(=O)OC)c(Nc3ccc(C(=O)OC)cc3)cc2C(=O)OC)cc1. The van der Waals surface area contributed by atoms with Crippen molar-refractivity contribution in [2.24, 2.45) is 0 Å². The summed E-state index contributed by atoms with van der Waals surface area (Å²) in [5.74, 6) is -2.27. The quantitative estimate of drug-likeness (QED) is 0.346. The van der Waals surface area contributed by atoms with Gasteiger partial charge in [0.05, 0.1) is 62.1 Å². The average Bonchev–Trinajstić information content (AvgIpc) is 2.92. The molecular weight excluding hydrogens is 468 g/mol. The van der Waals surface area contributed by atoms with Gasteiger partial charge in [-0.15, -0.1) is 0 Å². The molecule has 0 saturated carbocycles. The fourth-order valence-electron chi connectivity index (χ4n) is 3.29. The van der Waals surface area contributed by atoms with E-state index in [0.717, 1.165) is 0 Å². The van der Waals surface area contributed by atoms with Crippen LogP contribution in [0, 0.1) is 0 Å². The highest BCUT2D eigenvalue weighted by atomic mass is 16.5. The Balaban J connectivity index is 2.02. The van der Waals surface area contributed by atoms with Crippen LogP contribution < -0.4 is 10.6 Å². The second kappa shape index (κ2) is 11.5. The lowest BCUT2D eigenvalue weighted by Crippen LogP contribution is -2.12. The number of hydrogen-bond donors (Lipinski definition) is 2. The lowest BCUT2D eigenvalue weighted by molar-refractivity contribution is 0.0588. The standard InChI is InChI=1S/C26H24N2O8/c1-33-23(29)15-5-9-17(10-6-15)27-21-13-20(26(32)36-4)22(14-19(21)25(31)35-3)28-18-11-7-16(8-12-18)24(30)34-2/h5-14,27-28H,1-4H3. The van der Waals surface area contributed by atoms with E-state index < -0.39 is 23.9 Å². The molecule has 3 rings (SSSR count). The first-order chi connectivity index (χ1) is 17.3. The van der Waals surface area contributed by atoms with E-state index in [-0.39, 0.29) is 22.5 Å². The second-order valence-corrected chi connectivity index (χ2v) is 7.31. The number of esters is 4. The van der Waals surface area contributed by atoms with E-state index in [1.807, 2.05) is 0 Å². The van der Waals surface area contributed by atoms with Crippen LogP contribution in [-0.2, 0) is 18.9 Å². The molecule has 0 unspecified atom stereocenters. The average molecular weight is 492 g/mol. The molecular formula is C26H24N2O8. The number of ether oxygens (including phenoxy) is 4. The van der Waals surface area contributed by atoms with Crippen LogP contribution in [0.25, 0.3) is 0 Å². The van der Waals surface area contributed by atoms with Crippen molar-refractivity contribution in [2.75, 3.05) is 39.1 Å². The number of benzene rings is 3. The molecule has 0 amide bonds. The molecule has 0 aromatic heterocycles. The predicted molar refractivity (Wildman–Crippen MR) is 131 cm³/mol. The Kier molecular flexibility index (Phi) is 8.24. The molecule has 186 valence electrons. The van der Waals surface area contributed by atoms with Crippen molar-refractivity contribution in [1.29, 1.82) is 0 Å². The topological polar surface area (TPSA) is 129 Å². The Morgan fingerprint density at radius 3 is 1.08 bits per heavy atom. The summed E-state index contributed by atoms with van der Waals surface area (Å²) < 4.78 is 19.3. The fraction of sp³-hybridized carbons (Fsp3) is 0.154. The summed E-state index contributed by atoms with van der Waals surface area (Å²) in [4.78, 5) is 48.6. The van der Waals surface area contributed by atoms with E-state index in [1.54, 1.807) is 48.5 Å². The zero-order valence-electron chi connectivity index (χ0n) is 20.0. The minimum Gasteiger partial charge on any atom is -0.465 e. The van der Waals surface area contributed by atoms with E-state index in [2.05, 4.69) is 10.6 Å². The van der Waals surface area contributed by atoms with E-state index in [4.69, 9.17) is 18.9 Å². The van der Waals surface area contributed by atoms with Crippen LogP contribution in [0.3, 0.4) is 0 Å². The molecule has 10 nitrogen and oxygen atoms in total. The van der Waals surface area contributed by atoms with Gasteiger partial charge >= 0.3 is 23.9 Å². The molecule has 0 aliphatic heterocycles. The predicted octanol–water partition coefficient (Wildman–Crippen LogP) is 4.32. The minimum absolute atomic E-state index is 0.135. The molecule has 0 aliphatic carbocycles. The maximum Gasteiger partial charge on any atom is 0.340 e. The third kappa shape index (κ3) is 5.79. The summed E-state index contributed by atoms with van der Waals surface area (Å²) in [7, 11) is 5.05. The Morgan fingerprint density at radius 2 is 0.806 bits per heavy atom. The van der Waals surface area contributed by atoms with E-state index in [0.29, 0.717) is 22.5 Å². The maximum absolute atomic E-state index is 12.6. The molecule has 0 heterocycles. The zero-order valence-corrected chi connectivity index (χ0v) is 20.0. The van der Waals surface area contributed by atoms with Crippen LogP contribution in [-0.4, -0.2) is 52.3 Å². The van der Waals surface area contributed by atoms with Crippen molar-refractivity contribution < 1.29 is 38.1 Å². The minimum atomic E-state index is -0.649. The van der Waals surface area contributed by atoms with Crippen LogP contribution in [0.15, 0.2) is 60.7 Å². The van der Waals surface area contributed by atoms with Gasteiger partial charge in [-0.2, -0.15) is 0 Å². The summed E-state index contributed by atoms with van der Waals surface area (Å²) in [6.45, 7) is 0. The zero-order chi connectivity index (χ0) is 26.2. The highest BCUT2D eigenvalue weighted by Crippen LogP contribution is 2.31. The van der Waals surface area contributed by atoms with Gasteiger partial charge in [-0.25, -0.2) is 19.2 Å². The summed E-state index contributed by atoms with van der Waals surface area (Å²) >= 11 is 0. The third-order valence-electron chi connectivity index (χ3n) is 5.14. The van der Waals surface area contributed by atoms with Gasteiger partial charge in [0.25, 0.3) is 0 Å². The molecule has 0 spiro atoms. The van der Waals surface area contributed by atoms with Crippen molar-refractivity contribution in [2.45, 2.75) is 0 Å². The van der Waals surface area contributed by atoms with Crippen molar-refractivity contribution in [3.05, 3.63) is 82.9 Å². The molecule has 10 heteroatoms. The first kappa shape index (κ1) is 25.8. The molecule has 0 radical (unpaired) electrons. The number of rotatable bonds is 8. The lowest BCUT2D eigenvalue weighted by Gasteiger charge is -2.17. The smallest absolute Gasteiger partial charge is 0.340 e. The van der Waals surface area contributed by atoms with Crippen molar-refractivity contribution >= 4 is 46.6 Å². The molecule has 2 N–H and O–H groups in total. The number of carbonyl (C=O) groups excluding carboxylic acids is 4. The fourth-order valence-corrected chi connectivity index (χ4v) is 3.29. The van der Waals surface area contributed by atoms with Crippen LogP contribution in [0.2, 0.25) is 0 Å². The van der Waals surface area contributed by atoms with Crippen LogP contribution in [0.4, 0.5) is 22.7 Å². The number of nitrogens with one attached hydrogen (secondary N) is 2. The highest BCUT2D eigenvalue weighted by molar-refractivity contribution is 6.04. The lowest BCUT2D eigenvalue weighted by atomic mass is 10.0. The molecule has 0 fully saturated rings. The summed E-state index contributed by atoms with van der Waals surface area (Å²) in [5, 5.41) is 6.14. The van der Waals surface area contributed by atoms with Gasteiger partial charge in [-0.3, -0.25) is 0 Å². The first-order valence-corrected chi connectivity index (χ1v) is 10.6. The summed E-state index contributed by atoms with van der Waals surface area (Å²) in [5.41, 5.74) is 2.62. The van der Waals surface area contributed by atoms with Crippen LogP contribution >= 0.6 is 0 Å². The molecule has 3 aromatic carbocycles. The number of carbonyl (C=O) groups is 4. The van der Waals surface area contributed by atoms with Gasteiger partial charge in [0.15, 0.2) is 0 Å². The van der Waals surface area contributed by atoms with E-state index in [9.17, 15) is 19.2 Å². The maximum atomic E-state index is 12.6. The van der Waals surface area contributed by atoms with Gasteiger partial charge in [0.2, 0.25) is 0 Å². The highest BCUT2D eigenvalue weighted by Gasteiger charge is 2.21. The largest absolute Gasteiger partial charge is 0.465 e. The summed E-state index contributed by atoms with van der Waals surface area (Å²) in [6.07, 6.45) is 0. The van der Waals surface area contributed by atoms with E-state index >= 15 is 0 Å². The Bertz CT molecular complexity index is 1180. The van der Waals surface area contributed by atoms with Crippen molar-refractivity contribution in [1.82, 2.24) is 0 Å². The number of anilines is 4. The van der Waals surface area contributed by atoms with Gasteiger partial charge in [-0.1, -0.05) is 0 Å². The van der Waals surface area contributed by atoms with Gasteiger partial charge in [0.1, 0.15) is 0 Å². The Morgan fingerprint density at radius 1 is 0.500 bits per heavy atom. The van der Waals surface area contributed by atoms with Crippen molar-refractivity contribution in [3.63, 3.8) is 0 Å². The first-order valence-electron chi connectivity index (χ1n) is 10.6. The number of hydrogen-bond acceptors (Lipinski definition) is 10. The van der Waals surface area contributed by atoms with Crippen molar-refractivity contribution in [3.8, 4) is 0 Å². The molecule has 0 bridgehead atoms. The van der Waals surface area contributed by atoms with Crippen LogP contribution in [0.5, 0.6) is 0 Å². The molecule has 0 atom stereocenters. The molecule has 3 aromatic rings. The normalized spacial score (nSPS) is 10.1. The molecule has 0 saturated heterocycles. The van der Waals surface area contributed by atoms with Gasteiger partial charge in [-0.05, 0) is 60.7 Å². The van der Waals surface area contributed by atoms with E-state index in [1.165, 1.54) is 40.6 Å². The monoisotopic (exact) mass is 492 g/mol. The Hall–Kier alpha value is -4.86. The molecule has 36 heavy (non-hydrogen) atoms. The number of methoxy groups -OCH3 is 4. The summed E-state index contributed by atoms with van der Waals surface area (Å²) in [6, 6.07) is 15.6. The Labute approximate surface area is 207 Å². The second-order valence-electron chi connectivity index (χ2n) is 7.31. The van der Waals surface area contributed by atoms with Gasteiger partial charge < -0.3 is 29.6 Å². The van der Waals surface area contributed by atoms with Crippen LogP contribution in [0.1, 0.15) is 41.4 Å². The third-order valence-corrected chi connectivity index (χ3v) is 5.14. The van der Waals surface area contributed by atoms with Gasteiger partial charge in [0, 0.05) is 11.4 Å².